The van der Waals surface area contributed by atoms with Crippen LogP contribution in [-0.4, -0.2) is 23.5 Å². The van der Waals surface area contributed by atoms with Crippen molar-refractivity contribution in [1.82, 2.24) is 4.90 Å². The van der Waals surface area contributed by atoms with Gasteiger partial charge in [0, 0.05) is 18.6 Å². The van der Waals surface area contributed by atoms with Crippen LogP contribution in [0.4, 0.5) is 0 Å². The Morgan fingerprint density at radius 1 is 1.31 bits per heavy atom. The zero-order valence-corrected chi connectivity index (χ0v) is 9.12. The molecule has 0 aromatic rings. The van der Waals surface area contributed by atoms with Gasteiger partial charge in [0.2, 0.25) is 0 Å². The van der Waals surface area contributed by atoms with Crippen molar-refractivity contribution in [3.63, 3.8) is 0 Å². The second kappa shape index (κ2) is 4.11. The summed E-state index contributed by atoms with van der Waals surface area (Å²) in [5.74, 6) is 0.844. The first kappa shape index (κ1) is 10.5. The molecule has 1 saturated heterocycles. The number of nitriles is 1. The van der Waals surface area contributed by atoms with Crippen LogP contribution < -0.4 is 0 Å². The third-order valence-corrected chi connectivity index (χ3v) is 3.01. The lowest BCUT2D eigenvalue weighted by molar-refractivity contribution is 0.153. The topological polar surface area (TPSA) is 27.0 Å². The highest BCUT2D eigenvalue weighted by Crippen LogP contribution is 2.30. The summed E-state index contributed by atoms with van der Waals surface area (Å²) in [5, 5.41) is 9.01. The lowest BCUT2D eigenvalue weighted by Crippen LogP contribution is -2.41. The van der Waals surface area contributed by atoms with Gasteiger partial charge in [-0.2, -0.15) is 5.26 Å². The fourth-order valence-corrected chi connectivity index (χ4v) is 2.43. The van der Waals surface area contributed by atoms with E-state index in [0.717, 1.165) is 13.0 Å². The predicted molar refractivity (Wildman–Crippen MR) is 54.2 cm³/mol. The van der Waals surface area contributed by atoms with Crippen molar-refractivity contribution in [1.29, 1.82) is 5.26 Å². The predicted octanol–water partition coefficient (Wildman–Crippen LogP) is 2.26. The second-order valence-corrected chi connectivity index (χ2v) is 4.59. The Kier molecular flexibility index (Phi) is 3.33. The van der Waals surface area contributed by atoms with E-state index < -0.39 is 0 Å². The smallest absolute Gasteiger partial charge is 0.0672 e. The number of likely N-dealkylation sites (tertiary alicyclic amines) is 1. The Bertz CT molecular complexity index is 203. The van der Waals surface area contributed by atoms with Crippen LogP contribution in [0.15, 0.2) is 0 Å². The van der Waals surface area contributed by atoms with Gasteiger partial charge in [-0.25, -0.2) is 0 Å². The summed E-state index contributed by atoms with van der Waals surface area (Å²) in [6.45, 7) is 9.97. The van der Waals surface area contributed by atoms with E-state index in [0.29, 0.717) is 18.0 Å². The molecular weight excluding hydrogens is 160 g/mol. The molecular formula is C11H20N2. The standard InChI is InChI=1S/C11H20N2/c1-8(2)11-10(7-12)5-6-13(11)9(3)4/h8-11H,5-6H2,1-4H3. The van der Waals surface area contributed by atoms with Gasteiger partial charge in [0.1, 0.15) is 0 Å². The van der Waals surface area contributed by atoms with Crippen molar-refractivity contribution in [2.45, 2.75) is 46.2 Å². The van der Waals surface area contributed by atoms with Gasteiger partial charge >= 0.3 is 0 Å². The van der Waals surface area contributed by atoms with E-state index >= 15 is 0 Å². The molecule has 0 aromatic carbocycles. The van der Waals surface area contributed by atoms with Gasteiger partial charge in [-0.3, -0.25) is 4.90 Å². The molecule has 1 aliphatic heterocycles. The van der Waals surface area contributed by atoms with Crippen LogP contribution in [0.3, 0.4) is 0 Å². The fraction of sp³-hybridized carbons (Fsp3) is 0.909. The zero-order chi connectivity index (χ0) is 10.0. The average molecular weight is 180 g/mol. The highest BCUT2D eigenvalue weighted by molar-refractivity contribution is 5.00. The summed E-state index contributed by atoms with van der Waals surface area (Å²) in [5.41, 5.74) is 0. The molecule has 0 aliphatic carbocycles. The van der Waals surface area contributed by atoms with Crippen LogP contribution in [0.1, 0.15) is 34.1 Å². The molecule has 0 spiro atoms. The highest BCUT2D eigenvalue weighted by Gasteiger charge is 2.37. The van der Waals surface area contributed by atoms with E-state index in [2.05, 4.69) is 38.7 Å². The van der Waals surface area contributed by atoms with E-state index in [-0.39, 0.29) is 5.92 Å². The second-order valence-electron chi connectivity index (χ2n) is 4.59. The molecule has 2 nitrogen and oxygen atoms in total. The number of nitrogens with zero attached hydrogens (tertiary/aromatic N) is 2. The summed E-state index contributed by atoms with van der Waals surface area (Å²) in [7, 11) is 0. The maximum absolute atomic E-state index is 9.01. The molecule has 2 atom stereocenters. The third-order valence-electron chi connectivity index (χ3n) is 3.01. The van der Waals surface area contributed by atoms with Gasteiger partial charge in [-0.1, -0.05) is 13.8 Å². The molecule has 74 valence electrons. The Labute approximate surface area is 81.5 Å². The van der Waals surface area contributed by atoms with E-state index in [1.54, 1.807) is 0 Å². The van der Waals surface area contributed by atoms with Crippen LogP contribution in [0.25, 0.3) is 0 Å². The van der Waals surface area contributed by atoms with Gasteiger partial charge in [-0.15, -0.1) is 0 Å². The number of hydrogen-bond donors (Lipinski definition) is 0. The molecule has 1 aliphatic rings. The van der Waals surface area contributed by atoms with E-state index in [4.69, 9.17) is 5.26 Å². The fourth-order valence-electron chi connectivity index (χ4n) is 2.43. The molecule has 2 heteroatoms. The van der Waals surface area contributed by atoms with E-state index in [1.807, 2.05) is 0 Å². The van der Waals surface area contributed by atoms with Crippen molar-refractivity contribution in [3.8, 4) is 6.07 Å². The first-order valence-corrected chi connectivity index (χ1v) is 5.23. The van der Waals surface area contributed by atoms with Crippen LogP contribution in [-0.2, 0) is 0 Å². The van der Waals surface area contributed by atoms with Gasteiger partial charge in [0.15, 0.2) is 0 Å². The summed E-state index contributed by atoms with van der Waals surface area (Å²) in [4.78, 5) is 2.47. The van der Waals surface area contributed by atoms with Gasteiger partial charge in [0.25, 0.3) is 0 Å². The number of rotatable bonds is 2. The monoisotopic (exact) mass is 180 g/mol. The first-order valence-electron chi connectivity index (χ1n) is 5.23. The normalized spacial score (nSPS) is 29.9. The molecule has 1 fully saturated rings. The largest absolute Gasteiger partial charge is 0.296 e. The summed E-state index contributed by atoms with van der Waals surface area (Å²) in [6.07, 6.45) is 1.05. The van der Waals surface area contributed by atoms with Crippen LogP contribution >= 0.6 is 0 Å². The average Bonchev–Trinajstić information content (AvgIpc) is 2.46. The number of hydrogen-bond acceptors (Lipinski definition) is 2. The summed E-state index contributed by atoms with van der Waals surface area (Å²) < 4.78 is 0. The minimum Gasteiger partial charge on any atom is -0.296 e. The molecule has 0 N–H and O–H groups in total. The molecule has 0 amide bonds. The van der Waals surface area contributed by atoms with Crippen LogP contribution in [0, 0.1) is 23.2 Å². The molecule has 2 unspecified atom stereocenters. The Balaban J connectivity index is 2.74. The zero-order valence-electron chi connectivity index (χ0n) is 9.12. The van der Waals surface area contributed by atoms with Gasteiger partial charge in [0.05, 0.1) is 12.0 Å². The van der Waals surface area contributed by atoms with Gasteiger partial charge in [-0.05, 0) is 26.2 Å². The maximum Gasteiger partial charge on any atom is 0.0672 e. The molecule has 0 saturated carbocycles. The minimum absolute atomic E-state index is 0.252. The molecule has 13 heavy (non-hydrogen) atoms. The van der Waals surface area contributed by atoms with Crippen molar-refractivity contribution < 1.29 is 0 Å². The van der Waals surface area contributed by atoms with E-state index in [1.165, 1.54) is 0 Å². The Hall–Kier alpha value is -0.550. The SMILES string of the molecule is CC(C)C1C(C#N)CCN1C(C)C. The molecule has 1 rings (SSSR count). The van der Waals surface area contributed by atoms with Crippen molar-refractivity contribution in [2.75, 3.05) is 6.54 Å². The van der Waals surface area contributed by atoms with Crippen molar-refractivity contribution in [3.05, 3.63) is 0 Å². The Morgan fingerprint density at radius 2 is 1.92 bits per heavy atom. The maximum atomic E-state index is 9.01. The van der Waals surface area contributed by atoms with Crippen molar-refractivity contribution >= 4 is 0 Å². The quantitative estimate of drug-likeness (QED) is 0.651. The van der Waals surface area contributed by atoms with Crippen LogP contribution in [0.2, 0.25) is 0 Å². The minimum atomic E-state index is 0.252. The third kappa shape index (κ3) is 2.03. The van der Waals surface area contributed by atoms with E-state index in [9.17, 15) is 0 Å². The van der Waals surface area contributed by atoms with Crippen LogP contribution in [0.5, 0.6) is 0 Å². The lowest BCUT2D eigenvalue weighted by atomic mass is 9.92. The van der Waals surface area contributed by atoms with Gasteiger partial charge < -0.3 is 0 Å². The summed E-state index contributed by atoms with van der Waals surface area (Å²) >= 11 is 0. The summed E-state index contributed by atoms with van der Waals surface area (Å²) in [6, 6.07) is 3.49. The Morgan fingerprint density at radius 3 is 2.31 bits per heavy atom. The molecule has 1 heterocycles. The molecule has 0 aromatic heterocycles. The lowest BCUT2D eigenvalue weighted by Gasteiger charge is -2.32. The highest BCUT2D eigenvalue weighted by atomic mass is 15.2. The molecule has 0 bridgehead atoms. The first-order chi connectivity index (χ1) is 6.07. The molecule has 0 radical (unpaired) electrons. The van der Waals surface area contributed by atoms with Crippen molar-refractivity contribution in [2.24, 2.45) is 11.8 Å².